The van der Waals surface area contributed by atoms with E-state index in [1.807, 2.05) is 12.1 Å². The van der Waals surface area contributed by atoms with E-state index in [0.29, 0.717) is 12.0 Å². The Bertz CT molecular complexity index is 424. The third-order valence-corrected chi connectivity index (χ3v) is 3.32. The van der Waals surface area contributed by atoms with Gasteiger partial charge < -0.3 is 0 Å². The summed E-state index contributed by atoms with van der Waals surface area (Å²) in [5.41, 5.74) is -0.408. The van der Waals surface area contributed by atoms with E-state index in [4.69, 9.17) is 11.6 Å². The maximum absolute atomic E-state index is 11.7. The predicted octanol–water partition coefficient (Wildman–Crippen LogP) is 3.43. The minimum absolute atomic E-state index is 0.169. The molecule has 1 atom stereocenters. The zero-order valence-corrected chi connectivity index (χ0v) is 11.2. The van der Waals surface area contributed by atoms with Crippen LogP contribution in [-0.4, -0.2) is 11.7 Å². The Kier molecular flexibility index (Phi) is 4.52. The number of halogens is 2. The van der Waals surface area contributed by atoms with E-state index in [2.05, 4.69) is 22.0 Å². The highest BCUT2D eigenvalue weighted by molar-refractivity contribution is 9.10. The van der Waals surface area contributed by atoms with Gasteiger partial charge in [0.05, 0.1) is 6.07 Å². The number of hydrogen-bond acceptors (Lipinski definition) is 2. The first-order valence-corrected chi connectivity index (χ1v) is 6.14. The maximum Gasteiger partial charge on any atom is 0.154 e. The van der Waals surface area contributed by atoms with E-state index < -0.39 is 5.41 Å². The fourth-order valence-corrected chi connectivity index (χ4v) is 2.15. The molecule has 1 aromatic carbocycles. The lowest BCUT2D eigenvalue weighted by Gasteiger charge is -2.23. The first kappa shape index (κ1) is 13.2. The highest BCUT2D eigenvalue weighted by Crippen LogP contribution is 2.30. The molecule has 0 radical (unpaired) electrons. The number of alkyl halides is 1. The van der Waals surface area contributed by atoms with Gasteiger partial charge in [0, 0.05) is 10.4 Å². The summed E-state index contributed by atoms with van der Waals surface area (Å²) in [5, 5.41) is 9.26. The summed E-state index contributed by atoms with van der Waals surface area (Å²) in [5.74, 6) is 0.112. The van der Waals surface area contributed by atoms with Gasteiger partial charge in [-0.2, -0.15) is 5.26 Å². The molecule has 0 saturated heterocycles. The van der Waals surface area contributed by atoms with E-state index in [1.165, 1.54) is 6.92 Å². The lowest BCUT2D eigenvalue weighted by Crippen LogP contribution is -2.33. The zero-order valence-electron chi connectivity index (χ0n) is 8.84. The van der Waals surface area contributed by atoms with Crippen molar-refractivity contribution in [2.75, 3.05) is 5.88 Å². The third kappa shape index (κ3) is 2.45. The number of nitriles is 1. The summed E-state index contributed by atoms with van der Waals surface area (Å²) < 4.78 is 0.914. The van der Waals surface area contributed by atoms with E-state index in [9.17, 15) is 10.1 Å². The summed E-state index contributed by atoms with van der Waals surface area (Å²) >= 11 is 8.99. The molecule has 0 amide bonds. The van der Waals surface area contributed by atoms with Crippen LogP contribution in [0.1, 0.15) is 18.9 Å². The van der Waals surface area contributed by atoms with Crippen molar-refractivity contribution >= 4 is 33.3 Å². The Hall–Kier alpha value is -0.850. The van der Waals surface area contributed by atoms with Crippen molar-refractivity contribution in [3.63, 3.8) is 0 Å². The second kappa shape index (κ2) is 5.47. The number of carbonyl (C=O) groups excluding carboxylic acids is 1. The van der Waals surface area contributed by atoms with Crippen LogP contribution in [0.3, 0.4) is 0 Å². The minimum atomic E-state index is -1.11. The van der Waals surface area contributed by atoms with E-state index in [0.717, 1.165) is 4.47 Å². The van der Waals surface area contributed by atoms with Gasteiger partial charge in [-0.05, 0) is 31.0 Å². The number of hydrogen-bond donors (Lipinski definition) is 0. The van der Waals surface area contributed by atoms with Crippen LogP contribution in [0.25, 0.3) is 0 Å². The van der Waals surface area contributed by atoms with Crippen LogP contribution in [0.2, 0.25) is 0 Å². The normalized spacial score (nSPS) is 13.9. The van der Waals surface area contributed by atoms with Gasteiger partial charge in [0.25, 0.3) is 0 Å². The number of benzene rings is 1. The summed E-state index contributed by atoms with van der Waals surface area (Å²) in [6.07, 6.45) is 0.335. The molecule has 2 nitrogen and oxygen atoms in total. The largest absolute Gasteiger partial charge is 0.298 e. The van der Waals surface area contributed by atoms with Gasteiger partial charge in [-0.15, -0.1) is 11.6 Å². The molecular weight excluding hydrogens is 289 g/mol. The lowest BCUT2D eigenvalue weighted by atomic mass is 9.76. The molecule has 0 saturated carbocycles. The maximum atomic E-state index is 11.7. The van der Waals surface area contributed by atoms with Crippen LogP contribution in [0, 0.1) is 11.3 Å². The van der Waals surface area contributed by atoms with Crippen molar-refractivity contribution in [2.45, 2.75) is 18.8 Å². The molecule has 16 heavy (non-hydrogen) atoms. The zero-order chi connectivity index (χ0) is 12.2. The number of rotatable bonds is 4. The number of Topliss-reactive ketones (excluding diaryl/α,β-unsaturated/α-hetero) is 1. The average molecular weight is 301 g/mol. The molecule has 84 valence electrons. The number of nitrogens with zero attached hydrogens (tertiary/aromatic N) is 1. The van der Waals surface area contributed by atoms with Gasteiger partial charge in [-0.25, -0.2) is 0 Å². The second-order valence-corrected chi connectivity index (χ2v) is 4.81. The summed E-state index contributed by atoms with van der Waals surface area (Å²) in [6, 6.07) is 9.30. The molecule has 4 heteroatoms. The van der Waals surface area contributed by atoms with Gasteiger partial charge >= 0.3 is 0 Å². The predicted molar refractivity (Wildman–Crippen MR) is 67.5 cm³/mol. The van der Waals surface area contributed by atoms with Gasteiger partial charge in [0.1, 0.15) is 5.41 Å². The Labute approximate surface area is 108 Å². The molecular formula is C12H11BrClNO. The van der Waals surface area contributed by atoms with Crippen LogP contribution in [-0.2, 0) is 10.2 Å². The second-order valence-electron chi connectivity index (χ2n) is 3.52. The van der Waals surface area contributed by atoms with Crippen molar-refractivity contribution in [2.24, 2.45) is 0 Å². The molecule has 0 fully saturated rings. The Balaban J connectivity index is 3.26. The van der Waals surface area contributed by atoms with Crippen molar-refractivity contribution in [3.8, 4) is 6.07 Å². The van der Waals surface area contributed by atoms with E-state index in [-0.39, 0.29) is 11.7 Å². The minimum Gasteiger partial charge on any atom is -0.298 e. The first-order valence-electron chi connectivity index (χ1n) is 4.81. The summed E-state index contributed by atoms with van der Waals surface area (Å²) in [6.45, 7) is 1.43. The highest BCUT2D eigenvalue weighted by atomic mass is 79.9. The molecule has 0 aliphatic rings. The molecule has 1 unspecified atom stereocenters. The molecule has 0 aliphatic heterocycles. The SMILES string of the molecule is CC(=O)C(C#N)(CCCl)c1ccc(Br)cc1. The molecule has 1 aromatic rings. The Morgan fingerprint density at radius 3 is 2.44 bits per heavy atom. The molecule has 0 aliphatic carbocycles. The summed E-state index contributed by atoms with van der Waals surface area (Å²) in [7, 11) is 0. The van der Waals surface area contributed by atoms with E-state index >= 15 is 0 Å². The molecule has 0 spiro atoms. The smallest absolute Gasteiger partial charge is 0.154 e. The van der Waals surface area contributed by atoms with Crippen LogP contribution in [0.15, 0.2) is 28.7 Å². The standard InChI is InChI=1S/C12H11BrClNO/c1-9(16)12(8-15,6-7-14)10-2-4-11(13)5-3-10/h2-5H,6-7H2,1H3. The van der Waals surface area contributed by atoms with E-state index in [1.54, 1.807) is 12.1 Å². The topological polar surface area (TPSA) is 40.9 Å². The van der Waals surface area contributed by atoms with Crippen molar-refractivity contribution in [1.82, 2.24) is 0 Å². The van der Waals surface area contributed by atoms with Crippen LogP contribution in [0.5, 0.6) is 0 Å². The van der Waals surface area contributed by atoms with Gasteiger partial charge in [-0.1, -0.05) is 28.1 Å². The first-order chi connectivity index (χ1) is 7.56. The monoisotopic (exact) mass is 299 g/mol. The van der Waals surface area contributed by atoms with Gasteiger partial charge in [-0.3, -0.25) is 4.79 Å². The van der Waals surface area contributed by atoms with Crippen molar-refractivity contribution < 1.29 is 4.79 Å². The third-order valence-electron chi connectivity index (χ3n) is 2.60. The number of carbonyl (C=O) groups is 1. The van der Waals surface area contributed by atoms with Crippen LogP contribution in [0.4, 0.5) is 0 Å². The molecule has 0 heterocycles. The fourth-order valence-electron chi connectivity index (χ4n) is 1.60. The molecule has 0 aromatic heterocycles. The Morgan fingerprint density at radius 2 is 2.06 bits per heavy atom. The van der Waals surface area contributed by atoms with Crippen molar-refractivity contribution in [3.05, 3.63) is 34.3 Å². The average Bonchev–Trinajstić information content (AvgIpc) is 2.27. The quantitative estimate of drug-likeness (QED) is 0.799. The van der Waals surface area contributed by atoms with Gasteiger partial charge in [0.2, 0.25) is 0 Å². The molecule has 1 rings (SSSR count). The number of ketones is 1. The van der Waals surface area contributed by atoms with Gasteiger partial charge in [0.15, 0.2) is 5.78 Å². The summed E-state index contributed by atoms with van der Waals surface area (Å²) in [4.78, 5) is 11.7. The molecule has 0 bridgehead atoms. The highest BCUT2D eigenvalue weighted by Gasteiger charge is 2.36. The van der Waals surface area contributed by atoms with Crippen LogP contribution < -0.4 is 0 Å². The lowest BCUT2D eigenvalue weighted by molar-refractivity contribution is -0.120. The molecule has 0 N–H and O–H groups in total. The van der Waals surface area contributed by atoms with Crippen LogP contribution >= 0.6 is 27.5 Å². The van der Waals surface area contributed by atoms with Crippen molar-refractivity contribution in [1.29, 1.82) is 5.26 Å². The Morgan fingerprint density at radius 1 is 1.50 bits per heavy atom. The fraction of sp³-hybridized carbons (Fsp3) is 0.333.